The van der Waals surface area contributed by atoms with Crippen LogP contribution in [0.15, 0.2) is 65.6 Å². The summed E-state index contributed by atoms with van der Waals surface area (Å²) in [5.41, 5.74) is 5.25. The van der Waals surface area contributed by atoms with E-state index in [1.807, 2.05) is 30.3 Å². The molecule has 4 rings (SSSR count). The molecule has 1 aromatic heterocycles. The summed E-state index contributed by atoms with van der Waals surface area (Å²) in [7, 11) is -5.86. The Labute approximate surface area is 242 Å². The van der Waals surface area contributed by atoms with Gasteiger partial charge >= 0.3 is 5.97 Å². The maximum Gasteiger partial charge on any atom is 0.303 e. The quantitative estimate of drug-likeness (QED) is 0.129. The van der Waals surface area contributed by atoms with Crippen LogP contribution in [-0.4, -0.2) is 39.2 Å². The molecule has 0 atom stereocenters. The van der Waals surface area contributed by atoms with Gasteiger partial charge in [-0.1, -0.05) is 55.4 Å². The van der Waals surface area contributed by atoms with Crippen LogP contribution in [0.25, 0.3) is 21.8 Å². The van der Waals surface area contributed by atoms with Crippen LogP contribution >= 0.6 is 11.6 Å². The molecule has 3 aromatic carbocycles. The number of carbonyl (C=O) groups excluding carboxylic acids is 1. The van der Waals surface area contributed by atoms with Crippen molar-refractivity contribution >= 4 is 63.2 Å². The van der Waals surface area contributed by atoms with E-state index in [1.165, 1.54) is 17.3 Å². The van der Waals surface area contributed by atoms with Gasteiger partial charge in [-0.3, -0.25) is 9.10 Å². The predicted molar refractivity (Wildman–Crippen MR) is 167 cm³/mol. The zero-order valence-electron chi connectivity index (χ0n) is 24.0. The zero-order valence-corrected chi connectivity index (χ0v) is 26.6. The first kappa shape index (κ1) is 29.7. The summed E-state index contributed by atoms with van der Waals surface area (Å²) in [4.78, 5) is 11.9. The highest BCUT2D eigenvalue weighted by Gasteiger charge is 2.34. The lowest BCUT2D eigenvalue weighted by Gasteiger charge is -2.33. The molecule has 9 heteroatoms. The minimum atomic E-state index is -4.15. The lowest BCUT2D eigenvalue weighted by Crippen LogP contribution is -2.44. The van der Waals surface area contributed by atoms with Crippen molar-refractivity contribution in [3.05, 3.63) is 71.2 Å². The number of aryl methyl sites for hydroxylation is 1. The fraction of sp³-hybridized carbons (Fsp3) is 0.323. The highest BCUT2D eigenvalue weighted by Crippen LogP contribution is 2.35. The van der Waals surface area contributed by atoms with Gasteiger partial charge < -0.3 is 9.30 Å². The Hall–Kier alpha value is -3.25. The minimum Gasteiger partial charge on any atom is -0.458 e. The van der Waals surface area contributed by atoms with Crippen LogP contribution < -0.4 is 4.31 Å². The number of para-hydroxylation sites is 1. The van der Waals surface area contributed by atoms with Crippen LogP contribution in [0, 0.1) is 11.5 Å². The molecule has 0 amide bonds. The van der Waals surface area contributed by atoms with E-state index in [0.29, 0.717) is 11.3 Å². The lowest BCUT2D eigenvalue weighted by molar-refractivity contribution is -0.152. The normalized spacial score (nSPS) is 12.3. The van der Waals surface area contributed by atoms with E-state index in [2.05, 4.69) is 48.7 Å². The first-order valence-electron chi connectivity index (χ1n) is 13.2. The van der Waals surface area contributed by atoms with E-state index in [0.717, 1.165) is 28.4 Å². The summed E-state index contributed by atoms with van der Waals surface area (Å²) >= 11 is 6.41. The molecule has 0 saturated heterocycles. The third-order valence-electron chi connectivity index (χ3n) is 6.35. The smallest absolute Gasteiger partial charge is 0.303 e. The summed E-state index contributed by atoms with van der Waals surface area (Å²) in [6.07, 6.45) is 0. The van der Waals surface area contributed by atoms with E-state index < -0.39 is 29.7 Å². The number of rotatable bonds is 7. The molecular formula is C31H35ClN2O4SSi. The highest BCUT2D eigenvalue weighted by atomic mass is 35.5. The topological polar surface area (TPSA) is 68.6 Å². The van der Waals surface area contributed by atoms with Gasteiger partial charge in [-0.25, -0.2) is 8.42 Å². The van der Waals surface area contributed by atoms with Gasteiger partial charge in [0, 0.05) is 45.9 Å². The molecule has 40 heavy (non-hydrogen) atoms. The Bertz CT molecular complexity index is 1780. The number of esters is 1. The Balaban J connectivity index is 1.93. The molecule has 0 aliphatic rings. The number of ether oxygens (including phenoxy) is 1. The number of fused-ring (bicyclic) bond motifs is 3. The summed E-state index contributed by atoms with van der Waals surface area (Å²) in [5.74, 6) is 2.63. The van der Waals surface area contributed by atoms with Gasteiger partial charge in [-0.2, -0.15) is 0 Å². The van der Waals surface area contributed by atoms with Crippen LogP contribution in [0.1, 0.15) is 33.3 Å². The minimum absolute atomic E-state index is 0.0228. The SMILES string of the molecule is CCn1c2ccccc2c2cc(N(CC(C)(C)OC(C)=O)S(=O)(=O)c3cc(Cl)cc(C#C[Si](C)(C)C)c3)ccc21. The van der Waals surface area contributed by atoms with E-state index in [9.17, 15) is 13.2 Å². The van der Waals surface area contributed by atoms with Gasteiger partial charge in [0.2, 0.25) is 0 Å². The molecule has 0 saturated carbocycles. The van der Waals surface area contributed by atoms with Gasteiger partial charge in [-0.05, 0) is 63.2 Å². The van der Waals surface area contributed by atoms with Crippen molar-refractivity contribution < 1.29 is 17.9 Å². The molecule has 0 fully saturated rings. The molecule has 0 N–H and O–H groups in total. The summed E-state index contributed by atoms with van der Waals surface area (Å²) in [5, 5.41) is 2.25. The number of hydrogen-bond donors (Lipinski definition) is 0. The van der Waals surface area contributed by atoms with Crippen molar-refractivity contribution in [1.29, 1.82) is 0 Å². The second-order valence-electron chi connectivity index (χ2n) is 11.5. The van der Waals surface area contributed by atoms with Crippen molar-refractivity contribution in [2.24, 2.45) is 0 Å². The number of hydrogen-bond acceptors (Lipinski definition) is 4. The third-order valence-corrected chi connectivity index (χ3v) is 9.19. The Morgan fingerprint density at radius 3 is 2.35 bits per heavy atom. The van der Waals surface area contributed by atoms with Crippen LogP contribution in [0.5, 0.6) is 0 Å². The molecule has 0 radical (unpaired) electrons. The third kappa shape index (κ3) is 6.38. The van der Waals surface area contributed by atoms with Crippen LogP contribution in [-0.2, 0) is 26.1 Å². The van der Waals surface area contributed by atoms with Crippen molar-refractivity contribution in [2.45, 2.75) is 64.4 Å². The molecule has 0 unspecified atom stereocenters. The molecule has 4 aromatic rings. The van der Waals surface area contributed by atoms with Crippen molar-refractivity contribution in [1.82, 2.24) is 4.57 Å². The van der Waals surface area contributed by atoms with Crippen LogP contribution in [0.2, 0.25) is 24.7 Å². The number of anilines is 1. The van der Waals surface area contributed by atoms with Crippen LogP contribution in [0.3, 0.4) is 0 Å². The Morgan fingerprint density at radius 2 is 1.70 bits per heavy atom. The number of benzene rings is 3. The van der Waals surface area contributed by atoms with E-state index >= 15 is 0 Å². The number of aromatic nitrogens is 1. The van der Waals surface area contributed by atoms with Gasteiger partial charge in [0.05, 0.1) is 17.1 Å². The maximum atomic E-state index is 14.3. The molecule has 0 aliphatic carbocycles. The number of halogens is 1. The molecule has 0 bridgehead atoms. The van der Waals surface area contributed by atoms with Gasteiger partial charge in [0.15, 0.2) is 0 Å². The van der Waals surface area contributed by atoms with Gasteiger partial charge in [0.25, 0.3) is 10.0 Å². The monoisotopic (exact) mass is 594 g/mol. The number of nitrogens with zero attached hydrogens (tertiary/aromatic N) is 2. The molecule has 0 aliphatic heterocycles. The molecule has 210 valence electrons. The second kappa shape index (κ2) is 11.0. The Morgan fingerprint density at radius 1 is 1.02 bits per heavy atom. The van der Waals surface area contributed by atoms with E-state index in [-0.39, 0.29) is 16.5 Å². The van der Waals surface area contributed by atoms with Crippen molar-refractivity contribution in [2.75, 3.05) is 10.8 Å². The maximum absolute atomic E-state index is 14.3. The molecule has 1 heterocycles. The molecular weight excluding hydrogens is 560 g/mol. The fourth-order valence-corrected chi connectivity index (χ4v) is 7.29. The van der Waals surface area contributed by atoms with Crippen molar-refractivity contribution in [3.8, 4) is 11.5 Å². The predicted octanol–water partition coefficient (Wildman–Crippen LogP) is 7.23. The lowest BCUT2D eigenvalue weighted by atomic mass is 10.1. The molecule has 6 nitrogen and oxygen atoms in total. The fourth-order valence-electron chi connectivity index (χ4n) is 4.79. The Kier molecular flexibility index (Phi) is 8.15. The number of sulfonamides is 1. The standard InChI is InChI=1S/C31H35ClN2O4SSi/c1-8-33-29-12-10-9-11-27(29)28-20-25(13-14-30(28)33)34(21-31(3,4)38-22(2)35)39(36,37)26-18-23(17-24(32)19-26)15-16-40(5,6)7/h9-14,17-20H,8,21H2,1-7H3. The summed E-state index contributed by atoms with van der Waals surface area (Å²) in [6.45, 7) is 13.8. The van der Waals surface area contributed by atoms with E-state index in [4.69, 9.17) is 16.3 Å². The molecule has 0 spiro atoms. The summed E-state index contributed by atoms with van der Waals surface area (Å²) < 4.78 is 37.7. The first-order valence-corrected chi connectivity index (χ1v) is 18.5. The van der Waals surface area contributed by atoms with Gasteiger partial charge in [0.1, 0.15) is 13.7 Å². The second-order valence-corrected chi connectivity index (χ2v) is 18.6. The zero-order chi connectivity index (χ0) is 29.5. The number of carbonyl (C=O) groups is 1. The first-order chi connectivity index (χ1) is 18.6. The largest absolute Gasteiger partial charge is 0.458 e. The van der Waals surface area contributed by atoms with Gasteiger partial charge in [-0.15, -0.1) is 5.54 Å². The van der Waals surface area contributed by atoms with Crippen LogP contribution in [0.4, 0.5) is 5.69 Å². The average Bonchev–Trinajstić information content (AvgIpc) is 3.17. The van der Waals surface area contributed by atoms with E-state index in [1.54, 1.807) is 32.0 Å². The van der Waals surface area contributed by atoms with Crippen molar-refractivity contribution in [3.63, 3.8) is 0 Å². The summed E-state index contributed by atoms with van der Waals surface area (Å²) in [6, 6.07) is 18.4. The average molecular weight is 595 g/mol. The highest BCUT2D eigenvalue weighted by molar-refractivity contribution is 7.92.